The predicted molar refractivity (Wildman–Crippen MR) is 112 cm³/mol. The van der Waals surface area contributed by atoms with Crippen LogP contribution in [0.3, 0.4) is 0 Å². The number of ether oxygens (including phenoxy) is 1. The lowest BCUT2D eigenvalue weighted by atomic mass is 10.1. The molecule has 8 heteroatoms. The van der Waals surface area contributed by atoms with Gasteiger partial charge in [-0.2, -0.15) is 0 Å². The Hall–Kier alpha value is -2.09. The fourth-order valence-electron chi connectivity index (χ4n) is 2.66. The van der Waals surface area contributed by atoms with Crippen molar-refractivity contribution >= 4 is 33.2 Å². The molecule has 0 fully saturated rings. The number of anilines is 1. The summed E-state index contributed by atoms with van der Waals surface area (Å²) in [4.78, 5) is 12.3. The van der Waals surface area contributed by atoms with Crippen LogP contribution < -0.4 is 14.8 Å². The van der Waals surface area contributed by atoms with E-state index in [4.69, 9.17) is 16.3 Å². The summed E-state index contributed by atoms with van der Waals surface area (Å²) in [5, 5.41) is 3.26. The summed E-state index contributed by atoms with van der Waals surface area (Å²) in [6, 6.07) is 9.59. The summed E-state index contributed by atoms with van der Waals surface area (Å²) in [5.41, 5.74) is 1.42. The van der Waals surface area contributed by atoms with Gasteiger partial charge in [0.25, 0.3) is 5.91 Å². The molecule has 0 aliphatic carbocycles. The molecule has 0 aliphatic rings. The third-order valence-corrected chi connectivity index (χ3v) is 5.62. The van der Waals surface area contributed by atoms with Crippen molar-refractivity contribution in [2.24, 2.45) is 0 Å². The number of sulfonamides is 1. The summed E-state index contributed by atoms with van der Waals surface area (Å²) in [5.74, 6) is 0.206. The van der Waals surface area contributed by atoms with Gasteiger partial charge < -0.3 is 10.1 Å². The molecule has 0 radical (unpaired) electrons. The Morgan fingerprint density at radius 1 is 1.11 bits per heavy atom. The summed E-state index contributed by atoms with van der Waals surface area (Å²) < 4.78 is 33.1. The van der Waals surface area contributed by atoms with Gasteiger partial charge in [-0.15, -0.1) is 0 Å². The summed E-state index contributed by atoms with van der Waals surface area (Å²) in [7, 11) is -3.69. The van der Waals surface area contributed by atoms with Crippen molar-refractivity contribution < 1.29 is 17.9 Å². The first kappa shape index (κ1) is 22.2. The predicted octanol–water partition coefficient (Wildman–Crippen LogP) is 4.05. The lowest BCUT2D eigenvalue weighted by molar-refractivity contribution is -0.118. The molecule has 0 aliphatic heterocycles. The molecule has 28 heavy (non-hydrogen) atoms. The van der Waals surface area contributed by atoms with Gasteiger partial charge in [-0.05, 0) is 76.1 Å². The summed E-state index contributed by atoms with van der Waals surface area (Å²) in [6.45, 7) is 8.77. The van der Waals surface area contributed by atoms with Gasteiger partial charge in [0.1, 0.15) is 5.75 Å². The molecule has 0 atom stereocenters. The number of nitrogens with one attached hydrogen (secondary N) is 2. The second-order valence-corrected chi connectivity index (χ2v) is 9.71. The van der Waals surface area contributed by atoms with Crippen molar-refractivity contribution in [3.8, 4) is 5.75 Å². The van der Waals surface area contributed by atoms with Crippen LogP contribution >= 0.6 is 11.6 Å². The van der Waals surface area contributed by atoms with E-state index < -0.39 is 21.5 Å². The van der Waals surface area contributed by atoms with Gasteiger partial charge in [0, 0.05) is 16.2 Å². The Kier molecular flexibility index (Phi) is 6.75. The average molecular weight is 425 g/mol. The van der Waals surface area contributed by atoms with Crippen LogP contribution in [0, 0.1) is 13.8 Å². The van der Waals surface area contributed by atoms with Crippen molar-refractivity contribution in [3.63, 3.8) is 0 Å². The van der Waals surface area contributed by atoms with E-state index in [1.165, 1.54) is 12.1 Å². The lowest BCUT2D eigenvalue weighted by Gasteiger charge is -2.20. The summed E-state index contributed by atoms with van der Waals surface area (Å²) in [6.07, 6.45) is 0. The number of aryl methyl sites for hydroxylation is 2. The third-order valence-electron chi connectivity index (χ3n) is 3.64. The van der Waals surface area contributed by atoms with E-state index in [2.05, 4.69) is 10.0 Å². The Balaban J connectivity index is 2.07. The van der Waals surface area contributed by atoms with Gasteiger partial charge in [-0.25, -0.2) is 13.1 Å². The van der Waals surface area contributed by atoms with Gasteiger partial charge in [-0.1, -0.05) is 17.7 Å². The van der Waals surface area contributed by atoms with Gasteiger partial charge >= 0.3 is 0 Å². The zero-order valence-corrected chi connectivity index (χ0v) is 18.2. The van der Waals surface area contributed by atoms with E-state index in [9.17, 15) is 13.2 Å². The van der Waals surface area contributed by atoms with Crippen molar-refractivity contribution in [1.29, 1.82) is 0 Å². The lowest BCUT2D eigenvalue weighted by Crippen LogP contribution is -2.40. The highest BCUT2D eigenvalue weighted by atomic mass is 35.5. The maximum absolute atomic E-state index is 12.4. The highest BCUT2D eigenvalue weighted by molar-refractivity contribution is 7.89. The zero-order valence-electron chi connectivity index (χ0n) is 16.6. The van der Waals surface area contributed by atoms with Gasteiger partial charge in [-0.3, -0.25) is 4.79 Å². The van der Waals surface area contributed by atoms with Crippen LogP contribution in [-0.4, -0.2) is 26.5 Å². The van der Waals surface area contributed by atoms with Crippen molar-refractivity contribution in [3.05, 3.63) is 52.5 Å². The fraction of sp³-hybridized carbons (Fsp3) is 0.350. The molecule has 0 aromatic heterocycles. The Morgan fingerprint density at radius 2 is 1.71 bits per heavy atom. The topological polar surface area (TPSA) is 84.5 Å². The van der Waals surface area contributed by atoms with E-state index in [-0.39, 0.29) is 11.5 Å². The summed E-state index contributed by atoms with van der Waals surface area (Å²) >= 11 is 5.99. The number of carbonyl (C=O) groups excluding carboxylic acids is 1. The second-order valence-electron chi connectivity index (χ2n) is 7.59. The molecule has 2 rings (SSSR count). The second kappa shape index (κ2) is 8.51. The molecule has 6 nitrogen and oxygen atoms in total. The quantitative estimate of drug-likeness (QED) is 0.732. The number of hydrogen-bond donors (Lipinski definition) is 2. The monoisotopic (exact) mass is 424 g/mol. The van der Waals surface area contributed by atoms with Crippen LogP contribution in [0.1, 0.15) is 31.9 Å². The molecule has 1 amide bonds. The minimum atomic E-state index is -3.69. The van der Waals surface area contributed by atoms with E-state index in [0.717, 1.165) is 11.1 Å². The largest absolute Gasteiger partial charge is 0.483 e. The molecule has 2 aromatic carbocycles. The van der Waals surface area contributed by atoms with Crippen molar-refractivity contribution in [2.45, 2.75) is 45.1 Å². The molecule has 0 spiro atoms. The van der Waals surface area contributed by atoms with Crippen LogP contribution in [-0.2, 0) is 14.8 Å². The smallest absolute Gasteiger partial charge is 0.262 e. The first-order valence-electron chi connectivity index (χ1n) is 8.71. The molecular weight excluding hydrogens is 400 g/mol. The van der Waals surface area contributed by atoms with E-state index >= 15 is 0 Å². The SMILES string of the molecule is Cc1cc(Cl)cc(C)c1OCC(=O)Nc1cccc(S(=O)(=O)NC(C)(C)C)c1. The minimum Gasteiger partial charge on any atom is -0.483 e. The third kappa shape index (κ3) is 6.22. The number of benzene rings is 2. The number of hydrogen-bond acceptors (Lipinski definition) is 4. The highest BCUT2D eigenvalue weighted by Gasteiger charge is 2.22. The molecule has 2 aromatic rings. The number of halogens is 1. The van der Waals surface area contributed by atoms with Gasteiger partial charge in [0.15, 0.2) is 6.61 Å². The van der Waals surface area contributed by atoms with Crippen LogP contribution in [0.25, 0.3) is 0 Å². The molecule has 0 heterocycles. The maximum atomic E-state index is 12.4. The number of amides is 1. The fourth-order valence-corrected chi connectivity index (χ4v) is 4.45. The molecule has 152 valence electrons. The molecule has 0 saturated heterocycles. The van der Waals surface area contributed by atoms with Crippen LogP contribution in [0.4, 0.5) is 5.69 Å². The molecular formula is C20H25ClN2O4S. The van der Waals surface area contributed by atoms with E-state index in [1.54, 1.807) is 45.0 Å². The maximum Gasteiger partial charge on any atom is 0.262 e. The van der Waals surface area contributed by atoms with Gasteiger partial charge in [0.2, 0.25) is 10.0 Å². The Labute approximate surface area is 171 Å². The highest BCUT2D eigenvalue weighted by Crippen LogP contribution is 2.27. The standard InChI is InChI=1S/C20H25ClN2O4S/c1-13-9-15(21)10-14(2)19(13)27-12-18(24)22-16-7-6-8-17(11-16)28(25,26)23-20(3,4)5/h6-11,23H,12H2,1-5H3,(H,22,24). The number of rotatable bonds is 6. The van der Waals surface area contributed by atoms with E-state index in [1.807, 2.05) is 13.8 Å². The first-order chi connectivity index (χ1) is 12.9. The molecule has 0 saturated carbocycles. The minimum absolute atomic E-state index is 0.0746. The first-order valence-corrected chi connectivity index (χ1v) is 10.6. The van der Waals surface area contributed by atoms with Crippen LogP contribution in [0.2, 0.25) is 5.02 Å². The van der Waals surface area contributed by atoms with Gasteiger partial charge in [0.05, 0.1) is 4.90 Å². The van der Waals surface area contributed by atoms with Crippen molar-refractivity contribution in [2.75, 3.05) is 11.9 Å². The number of carbonyl (C=O) groups is 1. The van der Waals surface area contributed by atoms with Crippen molar-refractivity contribution in [1.82, 2.24) is 4.72 Å². The zero-order chi connectivity index (χ0) is 21.1. The molecule has 0 bridgehead atoms. The molecule has 0 unspecified atom stereocenters. The average Bonchev–Trinajstić information content (AvgIpc) is 2.51. The van der Waals surface area contributed by atoms with Crippen LogP contribution in [0.15, 0.2) is 41.3 Å². The Bertz CT molecular complexity index is 959. The molecule has 2 N–H and O–H groups in total. The van der Waals surface area contributed by atoms with Crippen LogP contribution in [0.5, 0.6) is 5.75 Å². The normalized spacial score (nSPS) is 11.9. The Morgan fingerprint density at radius 3 is 2.29 bits per heavy atom. The van der Waals surface area contributed by atoms with E-state index in [0.29, 0.717) is 16.5 Å².